The van der Waals surface area contributed by atoms with Crippen LogP contribution >= 0.6 is 23.1 Å². The number of nitrogens with zero attached hydrogens (tertiary/aromatic N) is 2. The van der Waals surface area contributed by atoms with Crippen LogP contribution in [0.25, 0.3) is 4.96 Å². The average Bonchev–Trinajstić information content (AvgIpc) is 3.06. The third kappa shape index (κ3) is 2.53. The lowest BCUT2D eigenvalue weighted by Gasteiger charge is -2.24. The SMILES string of the molecule is Cc1sc2ncc(C(=O)NC3(C(=O)O)CCSC3)c(=O)n2c1C. The third-order valence-electron chi connectivity index (χ3n) is 4.05. The van der Waals surface area contributed by atoms with Crippen molar-refractivity contribution in [2.24, 2.45) is 0 Å². The van der Waals surface area contributed by atoms with E-state index in [4.69, 9.17) is 0 Å². The lowest BCUT2D eigenvalue weighted by atomic mass is 9.99. The Kier molecular flexibility index (Phi) is 3.93. The maximum Gasteiger partial charge on any atom is 0.330 e. The Labute approximate surface area is 139 Å². The van der Waals surface area contributed by atoms with Crippen molar-refractivity contribution in [3.8, 4) is 0 Å². The number of amides is 1. The number of carbonyl (C=O) groups excluding carboxylic acids is 1. The van der Waals surface area contributed by atoms with Crippen molar-refractivity contribution >= 4 is 39.9 Å². The molecule has 2 aromatic heterocycles. The summed E-state index contributed by atoms with van der Waals surface area (Å²) in [5, 5.41) is 12.0. The van der Waals surface area contributed by atoms with E-state index in [9.17, 15) is 19.5 Å². The zero-order chi connectivity index (χ0) is 16.8. The van der Waals surface area contributed by atoms with Crippen molar-refractivity contribution in [2.75, 3.05) is 11.5 Å². The number of hydrogen-bond donors (Lipinski definition) is 2. The van der Waals surface area contributed by atoms with E-state index in [2.05, 4.69) is 10.3 Å². The third-order valence-corrected chi connectivity index (χ3v) is 6.31. The number of aliphatic carboxylic acids is 1. The van der Waals surface area contributed by atoms with Crippen LogP contribution in [0.5, 0.6) is 0 Å². The number of nitrogens with one attached hydrogen (secondary N) is 1. The van der Waals surface area contributed by atoms with Gasteiger partial charge in [-0.3, -0.25) is 14.0 Å². The van der Waals surface area contributed by atoms with E-state index >= 15 is 0 Å². The lowest BCUT2D eigenvalue weighted by molar-refractivity contribution is -0.143. The van der Waals surface area contributed by atoms with Crippen molar-refractivity contribution in [3.63, 3.8) is 0 Å². The Balaban J connectivity index is 2.01. The molecule has 1 fully saturated rings. The van der Waals surface area contributed by atoms with Crippen LogP contribution in [0.1, 0.15) is 27.3 Å². The number of rotatable bonds is 3. The molecule has 2 N–H and O–H groups in total. The molecule has 122 valence electrons. The monoisotopic (exact) mass is 353 g/mol. The van der Waals surface area contributed by atoms with E-state index < -0.39 is 23.0 Å². The molecule has 1 atom stereocenters. The highest BCUT2D eigenvalue weighted by Gasteiger charge is 2.43. The van der Waals surface area contributed by atoms with Gasteiger partial charge in [0.25, 0.3) is 11.5 Å². The largest absolute Gasteiger partial charge is 0.479 e. The number of fused-ring (bicyclic) bond motifs is 1. The highest BCUT2D eigenvalue weighted by Crippen LogP contribution is 2.28. The minimum Gasteiger partial charge on any atom is -0.479 e. The fourth-order valence-corrected chi connectivity index (χ4v) is 4.76. The van der Waals surface area contributed by atoms with E-state index in [-0.39, 0.29) is 5.56 Å². The fourth-order valence-electron chi connectivity index (χ4n) is 2.50. The Morgan fingerprint density at radius 1 is 1.43 bits per heavy atom. The van der Waals surface area contributed by atoms with Crippen molar-refractivity contribution in [1.29, 1.82) is 0 Å². The number of carbonyl (C=O) groups is 2. The predicted octanol–water partition coefficient (Wildman–Crippen LogP) is 1.06. The van der Waals surface area contributed by atoms with Crippen molar-refractivity contribution in [1.82, 2.24) is 14.7 Å². The van der Waals surface area contributed by atoms with Crippen LogP contribution in [0.15, 0.2) is 11.0 Å². The Hall–Kier alpha value is -1.87. The Morgan fingerprint density at radius 2 is 2.17 bits per heavy atom. The summed E-state index contributed by atoms with van der Waals surface area (Å²) in [4.78, 5) is 42.2. The summed E-state index contributed by atoms with van der Waals surface area (Å²) in [5.74, 6) is -0.814. The summed E-state index contributed by atoms with van der Waals surface area (Å²) in [6.07, 6.45) is 1.56. The molecule has 0 saturated carbocycles. The summed E-state index contributed by atoms with van der Waals surface area (Å²) < 4.78 is 1.39. The standard InChI is InChI=1S/C14H15N3O4S2/c1-7-8(2)23-13-15-5-9(11(19)17(7)13)10(18)16-14(12(20)21)3-4-22-6-14/h5H,3-4,6H2,1-2H3,(H,16,18)(H,20,21). The van der Waals surface area contributed by atoms with E-state index in [1.807, 2.05) is 6.92 Å². The van der Waals surface area contributed by atoms with E-state index in [0.29, 0.717) is 22.9 Å². The number of carboxylic acids is 1. The van der Waals surface area contributed by atoms with Gasteiger partial charge in [0.15, 0.2) is 4.96 Å². The van der Waals surface area contributed by atoms with Crippen LogP contribution in [0, 0.1) is 13.8 Å². The van der Waals surface area contributed by atoms with Gasteiger partial charge in [-0.1, -0.05) is 0 Å². The number of aromatic nitrogens is 2. The normalized spacial score (nSPS) is 20.8. The van der Waals surface area contributed by atoms with Crippen LogP contribution in [0.2, 0.25) is 0 Å². The number of carboxylic acid groups (broad SMARTS) is 1. The molecular formula is C14H15N3O4S2. The number of hydrogen-bond acceptors (Lipinski definition) is 6. The maximum atomic E-state index is 12.6. The lowest BCUT2D eigenvalue weighted by Crippen LogP contribution is -2.55. The van der Waals surface area contributed by atoms with Gasteiger partial charge < -0.3 is 10.4 Å². The van der Waals surface area contributed by atoms with E-state index in [0.717, 1.165) is 10.6 Å². The molecule has 1 amide bonds. The summed E-state index contributed by atoms with van der Waals surface area (Å²) in [6.45, 7) is 3.67. The predicted molar refractivity (Wildman–Crippen MR) is 88.6 cm³/mol. The second kappa shape index (κ2) is 5.64. The van der Waals surface area contributed by atoms with Crippen LogP contribution in [-0.4, -0.2) is 43.4 Å². The topological polar surface area (TPSA) is 101 Å². The van der Waals surface area contributed by atoms with Gasteiger partial charge in [-0.2, -0.15) is 11.8 Å². The molecule has 23 heavy (non-hydrogen) atoms. The molecule has 0 aliphatic carbocycles. The first-order chi connectivity index (χ1) is 10.9. The molecule has 1 saturated heterocycles. The smallest absolute Gasteiger partial charge is 0.330 e. The quantitative estimate of drug-likeness (QED) is 0.856. The highest BCUT2D eigenvalue weighted by atomic mass is 32.2. The molecule has 7 nitrogen and oxygen atoms in total. The molecule has 3 rings (SSSR count). The molecule has 1 unspecified atom stereocenters. The van der Waals surface area contributed by atoms with Gasteiger partial charge >= 0.3 is 5.97 Å². The van der Waals surface area contributed by atoms with Gasteiger partial charge in [-0.25, -0.2) is 9.78 Å². The molecule has 0 spiro atoms. The Morgan fingerprint density at radius 3 is 2.78 bits per heavy atom. The van der Waals surface area contributed by atoms with E-state index in [1.165, 1.54) is 33.7 Å². The first-order valence-electron chi connectivity index (χ1n) is 6.97. The second-order valence-corrected chi connectivity index (χ2v) is 7.77. The summed E-state index contributed by atoms with van der Waals surface area (Å²) in [6, 6.07) is 0. The average molecular weight is 353 g/mol. The van der Waals surface area contributed by atoms with Crippen LogP contribution in [0.4, 0.5) is 0 Å². The number of thiazole rings is 1. The fraction of sp³-hybridized carbons (Fsp3) is 0.429. The first kappa shape index (κ1) is 16.0. The molecule has 0 bridgehead atoms. The molecule has 9 heteroatoms. The zero-order valence-electron chi connectivity index (χ0n) is 12.6. The van der Waals surface area contributed by atoms with Gasteiger partial charge in [0.1, 0.15) is 11.1 Å². The highest BCUT2D eigenvalue weighted by molar-refractivity contribution is 7.99. The van der Waals surface area contributed by atoms with Crippen LogP contribution in [0.3, 0.4) is 0 Å². The van der Waals surface area contributed by atoms with Gasteiger partial charge in [0, 0.05) is 22.5 Å². The molecule has 2 aromatic rings. The minimum absolute atomic E-state index is 0.138. The van der Waals surface area contributed by atoms with E-state index in [1.54, 1.807) is 6.92 Å². The molecule has 3 heterocycles. The first-order valence-corrected chi connectivity index (χ1v) is 8.94. The van der Waals surface area contributed by atoms with Crippen molar-refractivity contribution < 1.29 is 14.7 Å². The van der Waals surface area contributed by atoms with Crippen LogP contribution in [-0.2, 0) is 4.79 Å². The Bertz CT molecular complexity index is 865. The van der Waals surface area contributed by atoms with Crippen molar-refractivity contribution in [3.05, 3.63) is 32.7 Å². The number of thioether (sulfide) groups is 1. The molecule has 0 aromatic carbocycles. The van der Waals surface area contributed by atoms with Gasteiger partial charge in [-0.15, -0.1) is 11.3 Å². The molecule has 1 aliphatic heterocycles. The van der Waals surface area contributed by atoms with Gasteiger partial charge in [-0.05, 0) is 26.0 Å². The minimum atomic E-state index is -1.31. The molecule has 0 radical (unpaired) electrons. The van der Waals surface area contributed by atoms with Crippen LogP contribution < -0.4 is 10.9 Å². The summed E-state index contributed by atoms with van der Waals surface area (Å²) in [5.41, 5.74) is -1.18. The maximum absolute atomic E-state index is 12.6. The van der Waals surface area contributed by atoms with Gasteiger partial charge in [0.2, 0.25) is 0 Å². The summed E-state index contributed by atoms with van der Waals surface area (Å²) in [7, 11) is 0. The zero-order valence-corrected chi connectivity index (χ0v) is 14.2. The molecule has 1 aliphatic rings. The number of aryl methyl sites for hydroxylation is 2. The van der Waals surface area contributed by atoms with Crippen molar-refractivity contribution in [2.45, 2.75) is 25.8 Å². The van der Waals surface area contributed by atoms with Gasteiger partial charge in [0.05, 0.1) is 0 Å². The molecular weight excluding hydrogens is 338 g/mol. The summed E-state index contributed by atoms with van der Waals surface area (Å²) >= 11 is 2.84. The second-order valence-electron chi connectivity index (χ2n) is 5.48.